The minimum absolute atomic E-state index is 0.108. The number of carboxylic acids is 1. The van der Waals surface area contributed by atoms with Crippen molar-refractivity contribution in [1.82, 2.24) is 0 Å². The Hall–Kier alpha value is -1.34. The van der Waals surface area contributed by atoms with Crippen molar-refractivity contribution in [3.8, 4) is 6.07 Å². The highest BCUT2D eigenvalue weighted by atomic mass is 79.9. The van der Waals surface area contributed by atoms with E-state index >= 15 is 0 Å². The van der Waals surface area contributed by atoms with E-state index in [9.17, 15) is 4.79 Å². The van der Waals surface area contributed by atoms with Crippen LogP contribution in [0, 0.1) is 18.3 Å². The number of rotatable bonds is 3. The average Bonchev–Trinajstić information content (AvgIpc) is 2.19. The predicted molar refractivity (Wildman–Crippen MR) is 59.9 cm³/mol. The van der Waals surface area contributed by atoms with E-state index < -0.39 is 5.97 Å². The lowest BCUT2D eigenvalue weighted by molar-refractivity contribution is -0.136. The summed E-state index contributed by atoms with van der Waals surface area (Å²) in [6.07, 6.45) is -0.108. The maximum absolute atomic E-state index is 10.6. The summed E-state index contributed by atoms with van der Waals surface area (Å²) in [5.41, 5.74) is 3.03. The summed E-state index contributed by atoms with van der Waals surface area (Å²) in [4.78, 5) is 10.6. The molecule has 0 bridgehead atoms. The number of carbonyl (C=O) groups is 1. The molecule has 0 spiro atoms. The third-order valence-corrected chi connectivity index (χ3v) is 2.77. The first-order valence-electron chi connectivity index (χ1n) is 4.38. The molecule has 1 aromatic rings. The van der Waals surface area contributed by atoms with Crippen LogP contribution >= 0.6 is 15.9 Å². The largest absolute Gasteiger partial charge is 0.481 e. The van der Waals surface area contributed by atoms with Gasteiger partial charge in [-0.15, -0.1) is 0 Å². The fourth-order valence-electron chi connectivity index (χ4n) is 1.36. The van der Waals surface area contributed by atoms with Crippen LogP contribution in [0.2, 0.25) is 0 Å². The van der Waals surface area contributed by atoms with Gasteiger partial charge in [0.15, 0.2) is 0 Å². The molecule has 0 atom stereocenters. The van der Waals surface area contributed by atoms with E-state index in [2.05, 4.69) is 15.9 Å². The third kappa shape index (κ3) is 2.80. The van der Waals surface area contributed by atoms with Crippen LogP contribution in [0.1, 0.15) is 22.3 Å². The molecule has 0 radical (unpaired) electrons. The third-order valence-electron chi connectivity index (χ3n) is 2.17. The first-order valence-corrected chi connectivity index (χ1v) is 5.51. The summed E-state index contributed by atoms with van der Waals surface area (Å²) in [5.74, 6) is -0.920. The summed E-state index contributed by atoms with van der Waals surface area (Å²) in [5, 5.41) is 18.2. The molecule has 0 unspecified atom stereocenters. The van der Waals surface area contributed by atoms with Gasteiger partial charge in [-0.25, -0.2) is 0 Å². The number of hydrogen-bond acceptors (Lipinski definition) is 2. The predicted octanol–water partition coefficient (Wildman–Crippen LogP) is 2.39. The number of benzene rings is 1. The molecule has 3 nitrogen and oxygen atoms in total. The molecule has 0 amide bonds. The Kier molecular flexibility index (Phi) is 3.87. The Morgan fingerprint density at radius 2 is 2.20 bits per heavy atom. The standard InChI is InChI=1S/C11H10BrNO2/c1-7-2-10(6-13)8(4-11(14)15)3-9(7)5-12/h2-3H,4-5H2,1H3,(H,14,15). The summed E-state index contributed by atoms with van der Waals surface area (Å²) >= 11 is 3.32. The van der Waals surface area contributed by atoms with Gasteiger partial charge in [0.2, 0.25) is 0 Å². The van der Waals surface area contributed by atoms with E-state index in [1.165, 1.54) is 0 Å². The molecule has 0 fully saturated rings. The van der Waals surface area contributed by atoms with Gasteiger partial charge >= 0.3 is 5.97 Å². The normalized spacial score (nSPS) is 9.67. The van der Waals surface area contributed by atoms with E-state index in [-0.39, 0.29) is 6.42 Å². The summed E-state index contributed by atoms with van der Waals surface area (Å²) in [7, 11) is 0. The Bertz CT molecular complexity index is 435. The van der Waals surface area contributed by atoms with Gasteiger partial charge < -0.3 is 5.11 Å². The smallest absolute Gasteiger partial charge is 0.307 e. The van der Waals surface area contributed by atoms with E-state index in [1.807, 2.05) is 13.0 Å². The fourth-order valence-corrected chi connectivity index (χ4v) is 1.97. The van der Waals surface area contributed by atoms with Crippen molar-refractivity contribution in [2.75, 3.05) is 0 Å². The number of aryl methyl sites for hydroxylation is 1. The lowest BCUT2D eigenvalue weighted by Crippen LogP contribution is -2.04. The van der Waals surface area contributed by atoms with Crippen molar-refractivity contribution >= 4 is 21.9 Å². The molecular formula is C11H10BrNO2. The number of halogens is 1. The number of nitriles is 1. The number of alkyl halides is 1. The lowest BCUT2D eigenvalue weighted by Gasteiger charge is -2.07. The zero-order valence-corrected chi connectivity index (χ0v) is 9.84. The Labute approximate surface area is 96.5 Å². The molecule has 1 rings (SSSR count). The molecule has 1 N–H and O–H groups in total. The van der Waals surface area contributed by atoms with Crippen molar-refractivity contribution in [2.45, 2.75) is 18.7 Å². The first-order chi connectivity index (χ1) is 7.08. The van der Waals surface area contributed by atoms with E-state index in [0.29, 0.717) is 16.5 Å². The van der Waals surface area contributed by atoms with Gasteiger partial charge in [-0.2, -0.15) is 5.26 Å². The second-order valence-electron chi connectivity index (χ2n) is 3.25. The highest BCUT2D eigenvalue weighted by Crippen LogP contribution is 2.19. The zero-order chi connectivity index (χ0) is 11.4. The average molecular weight is 268 g/mol. The van der Waals surface area contributed by atoms with Crippen LogP contribution in [0.4, 0.5) is 0 Å². The van der Waals surface area contributed by atoms with Crippen molar-refractivity contribution in [2.24, 2.45) is 0 Å². The van der Waals surface area contributed by atoms with E-state index in [0.717, 1.165) is 11.1 Å². The second kappa shape index (κ2) is 4.94. The van der Waals surface area contributed by atoms with Gasteiger partial charge in [0, 0.05) is 5.33 Å². The lowest BCUT2D eigenvalue weighted by atomic mass is 9.99. The molecule has 4 heteroatoms. The minimum Gasteiger partial charge on any atom is -0.481 e. The van der Waals surface area contributed by atoms with Crippen LogP contribution in [-0.4, -0.2) is 11.1 Å². The Balaban J connectivity index is 3.24. The second-order valence-corrected chi connectivity index (χ2v) is 3.81. The maximum atomic E-state index is 10.6. The minimum atomic E-state index is -0.920. The summed E-state index contributed by atoms with van der Waals surface area (Å²) in [6, 6.07) is 5.52. The highest BCUT2D eigenvalue weighted by Gasteiger charge is 2.09. The van der Waals surface area contributed by atoms with E-state index in [4.69, 9.17) is 10.4 Å². The highest BCUT2D eigenvalue weighted by molar-refractivity contribution is 9.08. The molecule has 0 saturated heterocycles. The van der Waals surface area contributed by atoms with Crippen molar-refractivity contribution in [3.05, 3.63) is 34.4 Å². The fraction of sp³-hybridized carbons (Fsp3) is 0.273. The molecule has 0 saturated carbocycles. The van der Waals surface area contributed by atoms with Gasteiger partial charge in [-0.05, 0) is 29.7 Å². The van der Waals surface area contributed by atoms with Gasteiger partial charge in [0.25, 0.3) is 0 Å². The molecule has 0 aliphatic heterocycles. The Morgan fingerprint density at radius 3 is 2.67 bits per heavy atom. The number of nitrogens with zero attached hydrogens (tertiary/aromatic N) is 1. The monoisotopic (exact) mass is 267 g/mol. The van der Waals surface area contributed by atoms with Crippen LogP contribution in [0.3, 0.4) is 0 Å². The number of aliphatic carboxylic acids is 1. The number of hydrogen-bond donors (Lipinski definition) is 1. The van der Waals surface area contributed by atoms with Gasteiger partial charge in [0.1, 0.15) is 0 Å². The molecule has 0 aliphatic rings. The molecule has 0 aliphatic carbocycles. The number of carboxylic acid groups (broad SMARTS) is 1. The van der Waals surface area contributed by atoms with Crippen LogP contribution in [0.15, 0.2) is 12.1 Å². The molecule has 78 valence electrons. The molecule has 15 heavy (non-hydrogen) atoms. The van der Waals surface area contributed by atoms with Crippen molar-refractivity contribution < 1.29 is 9.90 Å². The molecule has 0 heterocycles. The van der Waals surface area contributed by atoms with E-state index in [1.54, 1.807) is 12.1 Å². The van der Waals surface area contributed by atoms with Gasteiger partial charge in [-0.3, -0.25) is 4.79 Å². The summed E-state index contributed by atoms with van der Waals surface area (Å²) < 4.78 is 0. The Morgan fingerprint density at radius 1 is 1.53 bits per heavy atom. The first kappa shape index (κ1) is 11.7. The molecular weight excluding hydrogens is 258 g/mol. The zero-order valence-electron chi connectivity index (χ0n) is 8.25. The van der Waals surface area contributed by atoms with Crippen LogP contribution < -0.4 is 0 Å². The topological polar surface area (TPSA) is 61.1 Å². The SMILES string of the molecule is Cc1cc(C#N)c(CC(=O)O)cc1CBr. The maximum Gasteiger partial charge on any atom is 0.307 e. The van der Waals surface area contributed by atoms with Crippen LogP contribution in [-0.2, 0) is 16.5 Å². The van der Waals surface area contributed by atoms with Gasteiger partial charge in [0.05, 0.1) is 18.1 Å². The van der Waals surface area contributed by atoms with Crippen molar-refractivity contribution in [1.29, 1.82) is 5.26 Å². The summed E-state index contributed by atoms with van der Waals surface area (Å²) in [6.45, 7) is 1.90. The van der Waals surface area contributed by atoms with Gasteiger partial charge in [-0.1, -0.05) is 22.0 Å². The molecule has 0 aromatic heterocycles. The van der Waals surface area contributed by atoms with Crippen LogP contribution in [0.5, 0.6) is 0 Å². The van der Waals surface area contributed by atoms with Crippen LogP contribution in [0.25, 0.3) is 0 Å². The van der Waals surface area contributed by atoms with Crippen molar-refractivity contribution in [3.63, 3.8) is 0 Å². The molecule has 1 aromatic carbocycles. The quantitative estimate of drug-likeness (QED) is 0.856.